The van der Waals surface area contributed by atoms with Crippen molar-refractivity contribution in [3.63, 3.8) is 0 Å². The Morgan fingerprint density at radius 1 is 1.18 bits per heavy atom. The molecular formula is C15H20N2O5. The van der Waals surface area contributed by atoms with Crippen LogP contribution in [0.2, 0.25) is 0 Å². The van der Waals surface area contributed by atoms with Gasteiger partial charge in [0.15, 0.2) is 6.29 Å². The van der Waals surface area contributed by atoms with Crippen molar-refractivity contribution in [2.75, 3.05) is 13.7 Å². The van der Waals surface area contributed by atoms with Gasteiger partial charge in [-0.1, -0.05) is 12.1 Å². The molecule has 0 bridgehead atoms. The van der Waals surface area contributed by atoms with Crippen LogP contribution in [0.3, 0.4) is 0 Å². The van der Waals surface area contributed by atoms with Gasteiger partial charge in [-0.25, -0.2) is 0 Å². The summed E-state index contributed by atoms with van der Waals surface area (Å²) in [6, 6.07) is 9.17. The molecule has 120 valence electrons. The lowest BCUT2D eigenvalue weighted by Crippen LogP contribution is -2.60. The lowest BCUT2D eigenvalue weighted by atomic mass is 9.99. The molecule has 0 aromatic heterocycles. The first kappa shape index (κ1) is 16.8. The van der Waals surface area contributed by atoms with E-state index in [1.807, 2.05) is 18.2 Å². The normalized spacial score (nSPS) is 31.7. The van der Waals surface area contributed by atoms with E-state index in [1.54, 1.807) is 12.1 Å². The molecule has 1 aliphatic heterocycles. The third kappa shape index (κ3) is 3.81. The minimum Gasteiger partial charge on any atom is -0.388 e. The van der Waals surface area contributed by atoms with Gasteiger partial charge < -0.3 is 30.1 Å². The van der Waals surface area contributed by atoms with E-state index >= 15 is 0 Å². The van der Waals surface area contributed by atoms with Crippen molar-refractivity contribution in [2.24, 2.45) is 0 Å². The first-order valence-corrected chi connectivity index (χ1v) is 6.99. The minimum absolute atomic E-state index is 0.283. The number of methoxy groups -OCH3 is 1. The van der Waals surface area contributed by atoms with E-state index in [4.69, 9.17) is 14.7 Å². The van der Waals surface area contributed by atoms with E-state index in [0.29, 0.717) is 12.1 Å². The highest BCUT2D eigenvalue weighted by Gasteiger charge is 2.43. The highest BCUT2D eigenvalue weighted by Crippen LogP contribution is 2.21. The van der Waals surface area contributed by atoms with E-state index in [-0.39, 0.29) is 6.54 Å². The Kier molecular flexibility index (Phi) is 5.85. The van der Waals surface area contributed by atoms with E-state index in [9.17, 15) is 15.3 Å². The van der Waals surface area contributed by atoms with E-state index in [1.165, 1.54) is 7.11 Å². The van der Waals surface area contributed by atoms with Crippen LogP contribution >= 0.6 is 0 Å². The summed E-state index contributed by atoms with van der Waals surface area (Å²) in [7, 11) is 1.36. The molecule has 1 aromatic carbocycles. The largest absolute Gasteiger partial charge is 0.388 e. The number of nitrogens with zero attached hydrogens (tertiary/aromatic N) is 1. The van der Waals surface area contributed by atoms with Gasteiger partial charge in [0.1, 0.15) is 24.4 Å². The van der Waals surface area contributed by atoms with Crippen LogP contribution in [0.15, 0.2) is 24.3 Å². The second-order valence-corrected chi connectivity index (χ2v) is 5.19. The summed E-state index contributed by atoms with van der Waals surface area (Å²) in [5.74, 6) is 0. The van der Waals surface area contributed by atoms with Gasteiger partial charge >= 0.3 is 0 Å². The maximum atomic E-state index is 9.92. The topological polar surface area (TPSA) is 115 Å². The Bertz CT molecular complexity index is 514. The molecule has 4 N–H and O–H groups in total. The zero-order chi connectivity index (χ0) is 16.1. The predicted molar refractivity (Wildman–Crippen MR) is 76.6 cm³/mol. The molecule has 2 rings (SSSR count). The first-order valence-electron chi connectivity index (χ1n) is 6.99. The molecular weight excluding hydrogens is 288 g/mol. The molecule has 0 aliphatic carbocycles. The smallest absolute Gasteiger partial charge is 0.186 e. The van der Waals surface area contributed by atoms with Crippen LogP contribution in [-0.4, -0.2) is 59.7 Å². The van der Waals surface area contributed by atoms with Gasteiger partial charge in [0, 0.05) is 20.2 Å². The van der Waals surface area contributed by atoms with Crippen molar-refractivity contribution in [3.05, 3.63) is 35.4 Å². The van der Waals surface area contributed by atoms with Gasteiger partial charge in [-0.2, -0.15) is 5.26 Å². The Labute approximate surface area is 128 Å². The average Bonchev–Trinajstić information content (AvgIpc) is 2.55. The zero-order valence-corrected chi connectivity index (χ0v) is 12.2. The summed E-state index contributed by atoms with van der Waals surface area (Å²) >= 11 is 0. The van der Waals surface area contributed by atoms with Crippen LogP contribution in [0.4, 0.5) is 0 Å². The Morgan fingerprint density at radius 3 is 2.45 bits per heavy atom. The maximum absolute atomic E-state index is 9.92. The molecule has 0 amide bonds. The molecule has 0 saturated carbocycles. The molecule has 0 radical (unpaired) electrons. The van der Waals surface area contributed by atoms with Crippen molar-refractivity contribution in [2.45, 2.75) is 37.3 Å². The molecule has 2 unspecified atom stereocenters. The summed E-state index contributed by atoms with van der Waals surface area (Å²) in [5.41, 5.74) is 1.57. The molecule has 1 heterocycles. The van der Waals surface area contributed by atoms with Crippen molar-refractivity contribution < 1.29 is 24.8 Å². The van der Waals surface area contributed by atoms with Gasteiger partial charge in [0.25, 0.3) is 0 Å². The Balaban J connectivity index is 1.86. The van der Waals surface area contributed by atoms with Crippen molar-refractivity contribution in [3.8, 4) is 6.07 Å². The van der Waals surface area contributed by atoms with Crippen LogP contribution < -0.4 is 5.32 Å². The second kappa shape index (κ2) is 7.65. The zero-order valence-electron chi connectivity index (χ0n) is 12.2. The number of ether oxygens (including phenoxy) is 2. The van der Waals surface area contributed by atoms with Crippen LogP contribution in [0.5, 0.6) is 0 Å². The van der Waals surface area contributed by atoms with Gasteiger partial charge in [0.2, 0.25) is 0 Å². The summed E-state index contributed by atoms with van der Waals surface area (Å²) in [6.07, 6.45) is -5.47. The summed E-state index contributed by atoms with van der Waals surface area (Å²) < 4.78 is 10.4. The quantitative estimate of drug-likeness (QED) is 0.557. The average molecular weight is 308 g/mol. The van der Waals surface area contributed by atoms with Gasteiger partial charge in [-0.3, -0.25) is 0 Å². The number of nitriles is 1. The molecule has 5 atom stereocenters. The fraction of sp³-hybridized carbons (Fsp3) is 0.533. The molecule has 0 spiro atoms. The second-order valence-electron chi connectivity index (χ2n) is 5.19. The number of nitrogens with one attached hydrogen (secondary N) is 1. The van der Waals surface area contributed by atoms with Crippen LogP contribution in [0, 0.1) is 11.3 Å². The molecule has 1 fully saturated rings. The van der Waals surface area contributed by atoms with Crippen molar-refractivity contribution in [1.82, 2.24) is 5.32 Å². The number of rotatable bonds is 5. The third-order valence-electron chi connectivity index (χ3n) is 3.66. The van der Waals surface area contributed by atoms with Crippen LogP contribution in [0.25, 0.3) is 0 Å². The fourth-order valence-corrected chi connectivity index (χ4v) is 2.34. The number of aliphatic hydroxyl groups is 3. The Hall–Kier alpha value is -1.53. The van der Waals surface area contributed by atoms with Gasteiger partial charge in [-0.05, 0) is 17.7 Å². The maximum Gasteiger partial charge on any atom is 0.186 e. The lowest BCUT2D eigenvalue weighted by Gasteiger charge is -2.39. The SMILES string of the molecule is COC1O[C@H](CNCc2ccc(C#N)cc2)[C@@H](O)C(O)[C@@H]1O. The van der Waals surface area contributed by atoms with Crippen LogP contribution in [-0.2, 0) is 16.0 Å². The van der Waals surface area contributed by atoms with Gasteiger partial charge in [-0.15, -0.1) is 0 Å². The van der Waals surface area contributed by atoms with E-state index < -0.39 is 30.7 Å². The van der Waals surface area contributed by atoms with E-state index in [0.717, 1.165) is 5.56 Å². The Morgan fingerprint density at radius 2 is 1.86 bits per heavy atom. The monoisotopic (exact) mass is 308 g/mol. The van der Waals surface area contributed by atoms with Crippen LogP contribution in [0.1, 0.15) is 11.1 Å². The van der Waals surface area contributed by atoms with Crippen molar-refractivity contribution >= 4 is 0 Å². The van der Waals surface area contributed by atoms with Gasteiger partial charge in [0.05, 0.1) is 11.6 Å². The number of hydrogen-bond donors (Lipinski definition) is 4. The standard InChI is InChI=1S/C15H20N2O5/c1-21-15-14(20)13(19)12(18)11(22-15)8-17-7-10-4-2-9(6-16)3-5-10/h2-5,11-15,17-20H,7-8H2,1H3/t11-,12-,13?,14+,15?/m1/s1. The first-order chi connectivity index (χ1) is 10.6. The predicted octanol–water partition coefficient (Wildman–Crippen LogP) is -0.898. The highest BCUT2D eigenvalue weighted by atomic mass is 16.7. The number of aliphatic hydroxyl groups excluding tert-OH is 3. The highest BCUT2D eigenvalue weighted by molar-refractivity contribution is 5.31. The van der Waals surface area contributed by atoms with E-state index in [2.05, 4.69) is 5.32 Å². The molecule has 1 aliphatic rings. The summed E-state index contributed by atoms with van der Waals surface area (Å²) in [4.78, 5) is 0. The number of benzene rings is 1. The minimum atomic E-state index is -1.32. The fourth-order valence-electron chi connectivity index (χ4n) is 2.34. The third-order valence-corrected chi connectivity index (χ3v) is 3.66. The molecule has 7 heteroatoms. The molecule has 7 nitrogen and oxygen atoms in total. The molecule has 1 saturated heterocycles. The molecule has 1 aromatic rings. The van der Waals surface area contributed by atoms with Crippen molar-refractivity contribution in [1.29, 1.82) is 5.26 Å². The molecule has 22 heavy (non-hydrogen) atoms. The summed E-state index contributed by atoms with van der Waals surface area (Å²) in [5, 5.41) is 41.2. The lowest BCUT2D eigenvalue weighted by molar-refractivity contribution is -0.288. The summed E-state index contributed by atoms with van der Waals surface area (Å²) in [6.45, 7) is 0.805. The number of hydrogen-bond acceptors (Lipinski definition) is 7.